The molecular weight excluding hydrogens is 651 g/mol. The molecule has 10 aliphatic rings. The van der Waals surface area contributed by atoms with Crippen LogP contribution in [0.3, 0.4) is 0 Å². The van der Waals surface area contributed by atoms with Crippen LogP contribution in [0.4, 0.5) is 22.7 Å². The molecule has 3 aromatic carbocycles. The second-order valence-corrected chi connectivity index (χ2v) is 21.7. The number of fused-ring (bicyclic) bond motifs is 20. The first kappa shape index (κ1) is 32.4. The fourth-order valence-corrected chi connectivity index (χ4v) is 18.8. The Bertz CT molecular complexity index is 2120. The average Bonchev–Trinajstić information content (AvgIpc) is 3.56. The number of anilines is 4. The Hall–Kier alpha value is -2.68. The number of rotatable bonds is 0. The van der Waals surface area contributed by atoms with Gasteiger partial charge in [-0.25, -0.2) is 0 Å². The molecule has 0 radical (unpaired) electrons. The normalized spacial score (nSPS) is 44.1. The van der Waals surface area contributed by atoms with Crippen molar-refractivity contribution >= 4 is 45.9 Å². The van der Waals surface area contributed by atoms with Gasteiger partial charge in [0.1, 0.15) is 0 Å². The molecule has 0 spiro atoms. The summed E-state index contributed by atoms with van der Waals surface area (Å²) in [5.74, 6) is 6.65. The first-order valence-electron chi connectivity index (χ1n) is 23.3. The van der Waals surface area contributed by atoms with Gasteiger partial charge in [-0.3, -0.25) is 0 Å². The first-order chi connectivity index (χ1) is 26.3. The molecule has 6 fully saturated rings. The molecule has 280 valence electrons. The van der Waals surface area contributed by atoms with E-state index in [0.29, 0.717) is 6.71 Å². The van der Waals surface area contributed by atoms with Gasteiger partial charge in [0, 0.05) is 33.6 Å². The SMILES string of the molecule is Cc1cc2c3c(c1)C1(C)C4CCCCC4C4CCCCC4C1(C)N3c1cccc3c1B2c1cccc2c1N3C1(C)C3CCCCC3C3CCCCC3C21C. The van der Waals surface area contributed by atoms with Crippen LogP contribution >= 0.6 is 0 Å². The summed E-state index contributed by atoms with van der Waals surface area (Å²) >= 11 is 0. The number of hydrogen-bond acceptors (Lipinski definition) is 2. The lowest BCUT2D eigenvalue weighted by atomic mass is 9.33. The van der Waals surface area contributed by atoms with Gasteiger partial charge in [0.2, 0.25) is 0 Å². The molecular formula is C51H63BN2. The first-order valence-corrected chi connectivity index (χ1v) is 23.3. The molecule has 0 N–H and O–H groups in total. The van der Waals surface area contributed by atoms with E-state index in [4.69, 9.17) is 0 Å². The van der Waals surface area contributed by atoms with Crippen LogP contribution in [0.25, 0.3) is 0 Å². The summed E-state index contributed by atoms with van der Waals surface area (Å²) in [4.78, 5) is 6.20. The Kier molecular flexibility index (Phi) is 6.26. The number of hydrogen-bond donors (Lipinski definition) is 0. The van der Waals surface area contributed by atoms with Crippen molar-refractivity contribution in [1.82, 2.24) is 0 Å². The second-order valence-electron chi connectivity index (χ2n) is 21.7. The van der Waals surface area contributed by atoms with E-state index in [9.17, 15) is 0 Å². The maximum Gasteiger partial charge on any atom is 0.252 e. The lowest BCUT2D eigenvalue weighted by Crippen LogP contribution is -2.72. The van der Waals surface area contributed by atoms with E-state index < -0.39 is 0 Å². The Balaban J connectivity index is 1.11. The van der Waals surface area contributed by atoms with Gasteiger partial charge in [0.15, 0.2) is 0 Å². The molecule has 12 atom stereocenters. The van der Waals surface area contributed by atoms with E-state index in [0.717, 1.165) is 47.3 Å². The van der Waals surface area contributed by atoms with Crippen LogP contribution in [0.2, 0.25) is 0 Å². The van der Waals surface area contributed by atoms with Gasteiger partial charge in [-0.1, -0.05) is 107 Å². The van der Waals surface area contributed by atoms with Crippen LogP contribution in [-0.4, -0.2) is 17.8 Å². The number of nitrogens with zero attached hydrogens (tertiary/aromatic N) is 2. The molecule has 0 amide bonds. The molecule has 2 nitrogen and oxygen atoms in total. The highest BCUT2D eigenvalue weighted by atomic mass is 15.3. The van der Waals surface area contributed by atoms with Crippen molar-refractivity contribution in [3.8, 4) is 0 Å². The van der Waals surface area contributed by atoms with E-state index in [-0.39, 0.29) is 21.9 Å². The van der Waals surface area contributed by atoms with Gasteiger partial charge >= 0.3 is 0 Å². The van der Waals surface area contributed by atoms with E-state index in [2.05, 4.69) is 92.9 Å². The molecule has 0 aromatic heterocycles. The molecule has 13 rings (SSSR count). The van der Waals surface area contributed by atoms with Crippen LogP contribution in [-0.2, 0) is 10.8 Å². The summed E-state index contributed by atoms with van der Waals surface area (Å²) in [7, 11) is 0. The summed E-state index contributed by atoms with van der Waals surface area (Å²) < 4.78 is 0. The van der Waals surface area contributed by atoms with Crippen molar-refractivity contribution in [3.05, 3.63) is 65.2 Å². The summed E-state index contributed by atoms with van der Waals surface area (Å²) in [5.41, 5.74) is 16.8. The van der Waals surface area contributed by atoms with Gasteiger partial charge in [-0.05, 0) is 159 Å². The second kappa shape index (κ2) is 10.4. The maximum absolute atomic E-state index is 3.11. The average molecular weight is 715 g/mol. The maximum atomic E-state index is 3.11. The molecule has 4 aliphatic heterocycles. The number of aryl methyl sites for hydroxylation is 1. The van der Waals surface area contributed by atoms with Gasteiger partial charge in [0.05, 0.1) is 11.1 Å². The highest BCUT2D eigenvalue weighted by Crippen LogP contribution is 2.73. The van der Waals surface area contributed by atoms with E-state index in [1.165, 1.54) is 108 Å². The van der Waals surface area contributed by atoms with E-state index in [1.54, 1.807) is 50.3 Å². The van der Waals surface area contributed by atoms with Gasteiger partial charge in [0.25, 0.3) is 6.71 Å². The Morgan fingerprint density at radius 2 is 0.944 bits per heavy atom. The molecule has 54 heavy (non-hydrogen) atoms. The van der Waals surface area contributed by atoms with Crippen molar-refractivity contribution in [2.75, 3.05) is 9.80 Å². The van der Waals surface area contributed by atoms with Crippen LogP contribution in [0.1, 0.15) is 147 Å². The quantitative estimate of drug-likeness (QED) is 0.214. The third-order valence-electron chi connectivity index (χ3n) is 20.7. The van der Waals surface area contributed by atoms with Crippen LogP contribution < -0.4 is 26.2 Å². The monoisotopic (exact) mass is 715 g/mol. The standard InChI is InChI=1S/C51H63BN2/c1-30-28-40-47-42(29-30)52-41-25-14-24-39-46(41)53(50(4)37-22-12-8-18-33(37)31-16-6-10-20-35(31)48(39,50)2)43-26-15-27-44(45(43)52)54(47)51(5)38-23-13-9-19-34(38)32-17-7-11-21-36(32)49(40,51)3/h14-15,24-29,31-38H,6-13,16-23H2,1-5H3. The minimum absolute atomic E-state index is 0.0851. The molecule has 12 unspecified atom stereocenters. The van der Waals surface area contributed by atoms with E-state index in [1.807, 2.05) is 0 Å². The molecule has 0 bridgehead atoms. The third kappa shape index (κ3) is 3.28. The zero-order chi connectivity index (χ0) is 36.1. The Labute approximate surface area is 326 Å². The molecule has 6 saturated carbocycles. The molecule has 4 heterocycles. The van der Waals surface area contributed by atoms with E-state index >= 15 is 0 Å². The van der Waals surface area contributed by atoms with Gasteiger partial charge in [-0.2, -0.15) is 0 Å². The topological polar surface area (TPSA) is 6.48 Å². The minimum Gasteiger partial charge on any atom is -0.335 e. The fourth-order valence-electron chi connectivity index (χ4n) is 18.8. The highest BCUT2D eigenvalue weighted by molar-refractivity contribution is 7.00. The van der Waals surface area contributed by atoms with Gasteiger partial charge in [-0.15, -0.1) is 0 Å². The predicted octanol–water partition coefficient (Wildman–Crippen LogP) is 10.7. The summed E-state index contributed by atoms with van der Waals surface area (Å²) in [5, 5.41) is 0. The smallest absolute Gasteiger partial charge is 0.252 e. The van der Waals surface area contributed by atoms with Crippen LogP contribution in [0.15, 0.2) is 48.5 Å². The predicted molar refractivity (Wildman–Crippen MR) is 226 cm³/mol. The zero-order valence-corrected chi connectivity index (χ0v) is 34.0. The zero-order valence-electron chi connectivity index (χ0n) is 34.0. The fraction of sp³-hybridized carbons (Fsp3) is 0.647. The van der Waals surface area contributed by atoms with Crippen LogP contribution in [0.5, 0.6) is 0 Å². The van der Waals surface area contributed by atoms with Crippen molar-refractivity contribution in [3.63, 3.8) is 0 Å². The highest BCUT2D eigenvalue weighted by Gasteiger charge is 2.74. The summed E-state index contributed by atoms with van der Waals surface area (Å²) in [6.07, 6.45) is 23.1. The van der Waals surface area contributed by atoms with Crippen molar-refractivity contribution < 1.29 is 0 Å². The minimum atomic E-state index is 0.0851. The number of benzene rings is 3. The summed E-state index contributed by atoms with van der Waals surface area (Å²) in [6.45, 7) is 14.0. The third-order valence-corrected chi connectivity index (χ3v) is 20.7. The Morgan fingerprint density at radius 1 is 0.500 bits per heavy atom. The van der Waals surface area contributed by atoms with Gasteiger partial charge < -0.3 is 9.80 Å². The lowest BCUT2D eigenvalue weighted by Gasteiger charge is -2.66. The Morgan fingerprint density at radius 3 is 1.50 bits per heavy atom. The number of para-hydroxylation sites is 1. The van der Waals surface area contributed by atoms with Crippen molar-refractivity contribution in [2.45, 2.75) is 159 Å². The molecule has 3 heteroatoms. The van der Waals surface area contributed by atoms with Crippen LogP contribution in [0, 0.1) is 54.3 Å². The van der Waals surface area contributed by atoms with Crippen molar-refractivity contribution in [2.24, 2.45) is 47.3 Å². The molecule has 6 aliphatic carbocycles. The van der Waals surface area contributed by atoms with Crippen molar-refractivity contribution in [1.29, 1.82) is 0 Å². The summed E-state index contributed by atoms with van der Waals surface area (Å²) in [6, 6.07) is 20.9. The lowest BCUT2D eigenvalue weighted by molar-refractivity contribution is -0.0770. The molecule has 3 aromatic rings. The molecule has 0 saturated heterocycles. The largest absolute Gasteiger partial charge is 0.335 e.